The largest absolute Gasteiger partial charge is 0.465 e. The molecule has 0 radical (unpaired) electrons. The van der Waals surface area contributed by atoms with Crippen LogP contribution in [0.3, 0.4) is 0 Å². The van der Waals surface area contributed by atoms with Gasteiger partial charge in [0.25, 0.3) is 0 Å². The molecule has 1 saturated carbocycles. The average Bonchev–Trinajstić information content (AvgIpc) is 3.43. The summed E-state index contributed by atoms with van der Waals surface area (Å²) in [6, 6.07) is 2.22. The van der Waals surface area contributed by atoms with E-state index in [1.807, 2.05) is 0 Å². The van der Waals surface area contributed by atoms with Crippen LogP contribution in [0.25, 0.3) is 0 Å². The molecule has 0 spiro atoms. The van der Waals surface area contributed by atoms with E-state index in [9.17, 15) is 22.8 Å². The molecule has 214 valence electrons. The van der Waals surface area contributed by atoms with E-state index in [-0.39, 0.29) is 35.2 Å². The van der Waals surface area contributed by atoms with Gasteiger partial charge in [0.1, 0.15) is 5.56 Å². The molecule has 3 aromatic rings. The Labute approximate surface area is 228 Å². The van der Waals surface area contributed by atoms with E-state index >= 15 is 4.39 Å². The maximum absolute atomic E-state index is 15.4. The monoisotopic (exact) mass is 563 g/mol. The molecule has 0 atom stereocenters. The number of carbonyl (C=O) groups is 2. The lowest BCUT2D eigenvalue weighted by atomic mass is 9.87. The quantitative estimate of drug-likeness (QED) is 0.253. The fourth-order valence-corrected chi connectivity index (χ4v) is 4.77. The number of nitrogens with zero attached hydrogens (tertiary/aromatic N) is 5. The first-order valence-electron chi connectivity index (χ1n) is 12.8. The van der Waals surface area contributed by atoms with Gasteiger partial charge in [-0.3, -0.25) is 4.79 Å². The van der Waals surface area contributed by atoms with Gasteiger partial charge in [0.15, 0.2) is 11.6 Å². The summed E-state index contributed by atoms with van der Waals surface area (Å²) in [5, 5.41) is 7.33. The number of pyridine rings is 1. The lowest BCUT2D eigenvalue weighted by Gasteiger charge is -2.33. The summed E-state index contributed by atoms with van der Waals surface area (Å²) in [4.78, 5) is 31.3. The lowest BCUT2D eigenvalue weighted by molar-refractivity contribution is -0.139. The van der Waals surface area contributed by atoms with Crippen molar-refractivity contribution in [3.05, 3.63) is 59.3 Å². The van der Waals surface area contributed by atoms with Crippen LogP contribution < -0.4 is 9.64 Å². The average molecular weight is 564 g/mol. The predicted molar refractivity (Wildman–Crippen MR) is 135 cm³/mol. The summed E-state index contributed by atoms with van der Waals surface area (Å²) >= 11 is 0. The molecule has 40 heavy (non-hydrogen) atoms. The number of carbonyl (C=O) groups excluding carboxylic acids is 2. The van der Waals surface area contributed by atoms with Crippen molar-refractivity contribution < 1.29 is 36.6 Å². The highest BCUT2D eigenvalue weighted by molar-refractivity contribution is 6.04. The highest BCUT2D eigenvalue weighted by atomic mass is 19.4. The van der Waals surface area contributed by atoms with E-state index in [0.29, 0.717) is 12.8 Å². The van der Waals surface area contributed by atoms with Crippen LogP contribution in [0.5, 0.6) is 11.6 Å². The molecule has 2 heterocycles. The molecule has 1 fully saturated rings. The molecule has 13 heteroatoms. The second kappa shape index (κ2) is 12.0. The summed E-state index contributed by atoms with van der Waals surface area (Å²) in [6.07, 6.45) is 3.27. The van der Waals surface area contributed by atoms with Gasteiger partial charge in [0, 0.05) is 36.5 Å². The van der Waals surface area contributed by atoms with Crippen molar-refractivity contribution in [2.24, 2.45) is 5.92 Å². The number of anilines is 1. The van der Waals surface area contributed by atoms with Crippen LogP contribution in [0.4, 0.5) is 23.2 Å². The Bertz CT molecular complexity index is 1360. The topological polar surface area (TPSA) is 99.4 Å². The van der Waals surface area contributed by atoms with Gasteiger partial charge in [0.05, 0.1) is 31.1 Å². The number of halogens is 4. The molecule has 0 saturated heterocycles. The van der Waals surface area contributed by atoms with Gasteiger partial charge >= 0.3 is 12.1 Å². The van der Waals surface area contributed by atoms with Crippen molar-refractivity contribution in [2.45, 2.75) is 64.7 Å². The summed E-state index contributed by atoms with van der Waals surface area (Å²) in [5.41, 5.74) is -1.36. The number of ether oxygens (including phenoxy) is 2. The molecule has 0 aliphatic heterocycles. The Balaban J connectivity index is 1.73. The van der Waals surface area contributed by atoms with Crippen molar-refractivity contribution in [1.29, 1.82) is 0 Å². The zero-order valence-corrected chi connectivity index (χ0v) is 22.2. The minimum absolute atomic E-state index is 0.0357. The number of benzene rings is 1. The van der Waals surface area contributed by atoms with Crippen molar-refractivity contribution >= 4 is 17.6 Å². The smallest absolute Gasteiger partial charge is 0.421 e. The van der Waals surface area contributed by atoms with Crippen molar-refractivity contribution in [2.75, 3.05) is 12.0 Å². The normalized spacial score (nSPS) is 14.3. The Morgan fingerprint density at radius 1 is 1.15 bits per heavy atom. The van der Waals surface area contributed by atoms with Crippen LogP contribution in [-0.4, -0.2) is 45.0 Å². The van der Waals surface area contributed by atoms with E-state index in [4.69, 9.17) is 9.47 Å². The summed E-state index contributed by atoms with van der Waals surface area (Å²) in [5.74, 6) is -4.11. The zero-order chi connectivity index (χ0) is 29.0. The molecule has 0 unspecified atom stereocenters. The molecule has 1 aliphatic rings. The maximum Gasteiger partial charge on any atom is 0.421 e. The Morgan fingerprint density at radius 2 is 1.88 bits per heavy atom. The third kappa shape index (κ3) is 6.40. The predicted octanol–water partition coefficient (Wildman–Crippen LogP) is 5.78. The Morgan fingerprint density at radius 3 is 2.48 bits per heavy atom. The van der Waals surface area contributed by atoms with Crippen LogP contribution in [0, 0.1) is 11.7 Å². The summed E-state index contributed by atoms with van der Waals surface area (Å²) in [6.45, 7) is 3.42. The molecule has 0 bridgehead atoms. The Kier molecular flexibility index (Phi) is 8.70. The molecule has 1 amide bonds. The van der Waals surface area contributed by atoms with Crippen LogP contribution in [0.2, 0.25) is 0 Å². The molecule has 1 aliphatic carbocycles. The van der Waals surface area contributed by atoms with Gasteiger partial charge in [-0.15, -0.1) is 5.10 Å². The van der Waals surface area contributed by atoms with Gasteiger partial charge in [-0.05, 0) is 38.3 Å². The van der Waals surface area contributed by atoms with Crippen LogP contribution >= 0.6 is 0 Å². The van der Waals surface area contributed by atoms with Crippen LogP contribution in [0.15, 0.2) is 36.8 Å². The fraction of sp³-hybridized carbons (Fsp3) is 0.444. The van der Waals surface area contributed by atoms with E-state index in [1.165, 1.54) is 22.0 Å². The molecular weight excluding hydrogens is 534 g/mol. The molecular formula is C27H29F4N5O4. The van der Waals surface area contributed by atoms with Crippen molar-refractivity contribution in [3.63, 3.8) is 0 Å². The van der Waals surface area contributed by atoms with E-state index in [1.54, 1.807) is 13.8 Å². The van der Waals surface area contributed by atoms with E-state index in [2.05, 4.69) is 15.3 Å². The number of hydrogen-bond acceptors (Lipinski definition) is 7. The standard InChI is InChI=1S/C27H29F4N5O4/c1-16(2)36(25(37)18-7-5-4-6-8-18)22-13-21(28)23(12-19(22)26(38)39-3)40-24-20(27(29,30)31)11-17(14-32-24)15-35-10-9-33-34-35/h9-14,16,18H,4-8,15H2,1-3H3. The number of alkyl halides is 3. The second-order valence-electron chi connectivity index (χ2n) is 9.83. The minimum atomic E-state index is -4.89. The van der Waals surface area contributed by atoms with Gasteiger partial charge in [0.2, 0.25) is 11.8 Å². The second-order valence-corrected chi connectivity index (χ2v) is 9.83. The molecule has 0 N–H and O–H groups in total. The number of amides is 1. The summed E-state index contributed by atoms with van der Waals surface area (Å²) < 4.78 is 68.7. The zero-order valence-electron chi connectivity index (χ0n) is 22.2. The highest BCUT2D eigenvalue weighted by Gasteiger charge is 2.37. The van der Waals surface area contributed by atoms with Gasteiger partial charge in [-0.2, -0.15) is 13.2 Å². The van der Waals surface area contributed by atoms with Gasteiger partial charge in [-0.25, -0.2) is 18.9 Å². The molecule has 2 aromatic heterocycles. The molecule has 9 nitrogen and oxygen atoms in total. The SMILES string of the molecule is COC(=O)c1cc(Oc2ncc(Cn3ccnn3)cc2C(F)(F)F)c(F)cc1N(C(=O)C1CCCCC1)C(C)C. The number of rotatable bonds is 8. The number of esters is 1. The van der Waals surface area contributed by atoms with Gasteiger partial charge < -0.3 is 14.4 Å². The first-order valence-corrected chi connectivity index (χ1v) is 12.8. The highest BCUT2D eigenvalue weighted by Crippen LogP contribution is 2.40. The molecule has 4 rings (SSSR count). The fourth-order valence-electron chi connectivity index (χ4n) is 4.77. The number of methoxy groups -OCH3 is 1. The number of aromatic nitrogens is 4. The minimum Gasteiger partial charge on any atom is -0.465 e. The van der Waals surface area contributed by atoms with Crippen molar-refractivity contribution in [1.82, 2.24) is 20.0 Å². The first-order chi connectivity index (χ1) is 19.0. The van der Waals surface area contributed by atoms with E-state index in [0.717, 1.165) is 50.8 Å². The van der Waals surface area contributed by atoms with Crippen LogP contribution in [-0.2, 0) is 22.3 Å². The Hall–Kier alpha value is -4.03. The molecule has 1 aromatic carbocycles. The van der Waals surface area contributed by atoms with Crippen molar-refractivity contribution in [3.8, 4) is 11.6 Å². The third-order valence-electron chi connectivity index (χ3n) is 6.66. The third-order valence-corrected chi connectivity index (χ3v) is 6.66. The lowest BCUT2D eigenvalue weighted by Crippen LogP contribution is -2.42. The van der Waals surface area contributed by atoms with E-state index < -0.39 is 41.2 Å². The van der Waals surface area contributed by atoms with Gasteiger partial charge in [-0.1, -0.05) is 24.5 Å². The van der Waals surface area contributed by atoms with Crippen LogP contribution in [0.1, 0.15) is 67.4 Å². The maximum atomic E-state index is 15.4. The first kappa shape index (κ1) is 29.0. The summed E-state index contributed by atoms with van der Waals surface area (Å²) in [7, 11) is 1.11. The number of hydrogen-bond donors (Lipinski definition) is 0.